The highest BCUT2D eigenvalue weighted by Gasteiger charge is 2.20. The second-order valence-corrected chi connectivity index (χ2v) is 3.91. The number of ether oxygens (including phenoxy) is 1. The first kappa shape index (κ1) is 10.9. The number of pyridine rings is 1. The summed E-state index contributed by atoms with van der Waals surface area (Å²) in [5, 5.41) is 8.98. The van der Waals surface area contributed by atoms with Crippen molar-refractivity contribution >= 4 is 5.69 Å². The Morgan fingerprint density at radius 3 is 2.88 bits per heavy atom. The van der Waals surface area contributed by atoms with Gasteiger partial charge in [-0.3, -0.25) is 0 Å². The highest BCUT2D eigenvalue weighted by Crippen LogP contribution is 2.22. The van der Waals surface area contributed by atoms with Crippen molar-refractivity contribution in [3.63, 3.8) is 0 Å². The maximum absolute atomic E-state index is 8.98. The van der Waals surface area contributed by atoms with Crippen LogP contribution in [0, 0.1) is 11.3 Å². The van der Waals surface area contributed by atoms with Gasteiger partial charge in [0.2, 0.25) is 0 Å². The van der Waals surface area contributed by atoms with Crippen LogP contribution in [-0.2, 0) is 4.74 Å². The molecule has 0 saturated carbocycles. The van der Waals surface area contributed by atoms with Crippen LogP contribution in [0.2, 0.25) is 0 Å². The van der Waals surface area contributed by atoms with E-state index in [1.54, 1.807) is 13.3 Å². The number of aromatic nitrogens is 1. The number of piperidine rings is 1. The fraction of sp³-hybridized carbons (Fsp3) is 0.500. The van der Waals surface area contributed by atoms with Crippen LogP contribution in [0.3, 0.4) is 0 Å². The Labute approximate surface area is 95.5 Å². The van der Waals surface area contributed by atoms with Crippen LogP contribution in [0.15, 0.2) is 18.3 Å². The monoisotopic (exact) mass is 217 g/mol. The largest absolute Gasteiger partial charge is 0.381 e. The summed E-state index contributed by atoms with van der Waals surface area (Å²) in [7, 11) is 1.76. The average molecular weight is 217 g/mol. The van der Waals surface area contributed by atoms with Crippen molar-refractivity contribution in [3.8, 4) is 6.07 Å². The Morgan fingerprint density at radius 2 is 2.25 bits per heavy atom. The molecule has 1 aromatic heterocycles. The van der Waals surface area contributed by atoms with E-state index in [1.165, 1.54) is 0 Å². The topological polar surface area (TPSA) is 49.1 Å². The predicted octanol–water partition coefficient (Wildman–Crippen LogP) is 1.57. The first-order chi connectivity index (χ1) is 7.85. The van der Waals surface area contributed by atoms with Gasteiger partial charge in [-0.25, -0.2) is 4.98 Å². The lowest BCUT2D eigenvalue weighted by Gasteiger charge is -2.32. The molecule has 1 aliphatic rings. The molecule has 0 aromatic carbocycles. The molecule has 0 amide bonds. The van der Waals surface area contributed by atoms with Crippen molar-refractivity contribution in [3.05, 3.63) is 24.0 Å². The minimum absolute atomic E-state index is 0.360. The third-order valence-electron chi connectivity index (χ3n) is 3.01. The summed E-state index contributed by atoms with van der Waals surface area (Å²) in [6, 6.07) is 5.96. The highest BCUT2D eigenvalue weighted by atomic mass is 16.5. The van der Waals surface area contributed by atoms with E-state index in [2.05, 4.69) is 16.0 Å². The van der Waals surface area contributed by atoms with Crippen molar-refractivity contribution in [2.45, 2.75) is 18.9 Å². The number of hydrogen-bond donors (Lipinski definition) is 0. The van der Waals surface area contributed by atoms with Crippen LogP contribution < -0.4 is 4.90 Å². The molecule has 0 N–H and O–H groups in total. The van der Waals surface area contributed by atoms with Gasteiger partial charge in [-0.15, -0.1) is 0 Å². The summed E-state index contributed by atoms with van der Waals surface area (Å²) in [6.07, 6.45) is 4.04. The lowest BCUT2D eigenvalue weighted by atomic mass is 10.1. The fourth-order valence-corrected chi connectivity index (χ4v) is 2.07. The number of methoxy groups -OCH3 is 1. The third kappa shape index (κ3) is 2.15. The molecule has 0 atom stereocenters. The molecule has 0 spiro atoms. The van der Waals surface area contributed by atoms with E-state index >= 15 is 0 Å². The molecule has 16 heavy (non-hydrogen) atoms. The van der Waals surface area contributed by atoms with Gasteiger partial charge >= 0.3 is 0 Å². The molecule has 2 heterocycles. The van der Waals surface area contributed by atoms with Gasteiger partial charge in [0.05, 0.1) is 11.8 Å². The molecule has 0 bridgehead atoms. The zero-order valence-electron chi connectivity index (χ0n) is 9.39. The smallest absolute Gasteiger partial charge is 0.163 e. The Kier molecular flexibility index (Phi) is 3.37. The van der Waals surface area contributed by atoms with Crippen molar-refractivity contribution in [1.29, 1.82) is 5.26 Å². The molecular formula is C12H15N3O. The molecule has 1 fully saturated rings. The Balaban J connectivity index is 2.11. The molecule has 0 unspecified atom stereocenters. The molecule has 2 rings (SSSR count). The SMILES string of the molecule is COC1CCN(c2cccnc2C#N)CC1. The second-order valence-electron chi connectivity index (χ2n) is 3.91. The normalized spacial score (nSPS) is 17.1. The Morgan fingerprint density at radius 1 is 1.50 bits per heavy atom. The molecule has 0 radical (unpaired) electrons. The summed E-state index contributed by atoms with van der Waals surface area (Å²) in [5.74, 6) is 0. The molecule has 1 saturated heterocycles. The average Bonchev–Trinajstić information content (AvgIpc) is 2.39. The lowest BCUT2D eigenvalue weighted by Crippen LogP contribution is -2.37. The molecule has 0 aliphatic carbocycles. The zero-order valence-corrected chi connectivity index (χ0v) is 9.39. The van der Waals surface area contributed by atoms with Crippen LogP contribution in [-0.4, -0.2) is 31.3 Å². The van der Waals surface area contributed by atoms with Crippen molar-refractivity contribution in [1.82, 2.24) is 4.98 Å². The van der Waals surface area contributed by atoms with Crippen LogP contribution in [0.1, 0.15) is 18.5 Å². The zero-order chi connectivity index (χ0) is 11.4. The maximum atomic E-state index is 8.98. The molecule has 1 aliphatic heterocycles. The summed E-state index contributed by atoms with van der Waals surface area (Å²) in [4.78, 5) is 6.29. The number of nitrogens with zero attached hydrogens (tertiary/aromatic N) is 3. The third-order valence-corrected chi connectivity index (χ3v) is 3.01. The van der Waals surface area contributed by atoms with Crippen LogP contribution in [0.4, 0.5) is 5.69 Å². The van der Waals surface area contributed by atoms with E-state index in [0.29, 0.717) is 11.8 Å². The van der Waals surface area contributed by atoms with E-state index < -0.39 is 0 Å². The van der Waals surface area contributed by atoms with Gasteiger partial charge in [0.15, 0.2) is 5.69 Å². The molecule has 4 heteroatoms. The van der Waals surface area contributed by atoms with Crippen LogP contribution >= 0.6 is 0 Å². The fourth-order valence-electron chi connectivity index (χ4n) is 2.07. The Hall–Kier alpha value is -1.60. The van der Waals surface area contributed by atoms with E-state index in [0.717, 1.165) is 31.6 Å². The number of rotatable bonds is 2. The summed E-state index contributed by atoms with van der Waals surface area (Å²) < 4.78 is 5.32. The Bertz CT molecular complexity index is 391. The minimum atomic E-state index is 0.360. The second kappa shape index (κ2) is 4.95. The van der Waals surface area contributed by atoms with Crippen LogP contribution in [0.5, 0.6) is 0 Å². The van der Waals surface area contributed by atoms with Crippen molar-refractivity contribution in [2.24, 2.45) is 0 Å². The van der Waals surface area contributed by atoms with Crippen molar-refractivity contribution in [2.75, 3.05) is 25.1 Å². The lowest BCUT2D eigenvalue weighted by molar-refractivity contribution is 0.0819. The predicted molar refractivity (Wildman–Crippen MR) is 61.2 cm³/mol. The number of nitriles is 1. The summed E-state index contributed by atoms with van der Waals surface area (Å²) >= 11 is 0. The highest BCUT2D eigenvalue weighted by molar-refractivity contribution is 5.55. The first-order valence-corrected chi connectivity index (χ1v) is 5.48. The van der Waals surface area contributed by atoms with Gasteiger partial charge < -0.3 is 9.64 Å². The number of anilines is 1. The molecular weight excluding hydrogens is 202 g/mol. The van der Waals surface area contributed by atoms with E-state index in [1.807, 2.05) is 12.1 Å². The van der Waals surface area contributed by atoms with E-state index in [-0.39, 0.29) is 0 Å². The van der Waals surface area contributed by atoms with Gasteiger partial charge in [-0.1, -0.05) is 0 Å². The van der Waals surface area contributed by atoms with Gasteiger partial charge in [-0.05, 0) is 25.0 Å². The summed E-state index contributed by atoms with van der Waals surface area (Å²) in [5.41, 5.74) is 1.46. The first-order valence-electron chi connectivity index (χ1n) is 5.48. The van der Waals surface area contributed by atoms with Crippen molar-refractivity contribution < 1.29 is 4.74 Å². The van der Waals surface area contributed by atoms with Crippen LogP contribution in [0.25, 0.3) is 0 Å². The summed E-state index contributed by atoms with van der Waals surface area (Å²) in [6.45, 7) is 1.86. The number of hydrogen-bond acceptors (Lipinski definition) is 4. The van der Waals surface area contributed by atoms with Gasteiger partial charge in [0.1, 0.15) is 6.07 Å². The molecule has 84 valence electrons. The van der Waals surface area contributed by atoms with Gasteiger partial charge in [-0.2, -0.15) is 5.26 Å². The maximum Gasteiger partial charge on any atom is 0.163 e. The standard InChI is InChI=1S/C12H15N3O/c1-16-10-4-7-15(8-5-10)12-3-2-6-14-11(12)9-13/h2-3,6,10H,4-5,7-8H2,1H3. The minimum Gasteiger partial charge on any atom is -0.381 e. The van der Waals surface area contributed by atoms with Gasteiger partial charge in [0, 0.05) is 26.4 Å². The van der Waals surface area contributed by atoms with E-state index in [9.17, 15) is 0 Å². The van der Waals surface area contributed by atoms with E-state index in [4.69, 9.17) is 10.00 Å². The quantitative estimate of drug-likeness (QED) is 0.754. The molecule has 4 nitrogen and oxygen atoms in total. The molecule has 1 aromatic rings. The van der Waals surface area contributed by atoms with Gasteiger partial charge in [0.25, 0.3) is 0 Å².